The third-order valence-electron chi connectivity index (χ3n) is 5.63. The van der Waals surface area contributed by atoms with Crippen molar-refractivity contribution in [3.05, 3.63) is 42.4 Å². The number of imide groups is 1. The highest BCUT2D eigenvalue weighted by Crippen LogP contribution is 2.36. The Labute approximate surface area is 152 Å². The lowest BCUT2D eigenvalue weighted by Crippen LogP contribution is -2.51. The Kier molecular flexibility index (Phi) is 4.26. The molecule has 2 aromatic rings. The predicted octanol–water partition coefficient (Wildman–Crippen LogP) is 3.73. The van der Waals surface area contributed by atoms with Gasteiger partial charge in [-0.1, -0.05) is 49.6 Å². The molecule has 1 atom stereocenters. The summed E-state index contributed by atoms with van der Waals surface area (Å²) in [5.74, 6) is 1.01. The van der Waals surface area contributed by atoms with Crippen molar-refractivity contribution >= 4 is 11.9 Å². The third-order valence-corrected chi connectivity index (χ3v) is 5.63. The molecule has 1 saturated heterocycles. The molecular formula is C20H23N3O3. The molecule has 1 aromatic heterocycles. The van der Waals surface area contributed by atoms with Gasteiger partial charge >= 0.3 is 6.03 Å². The molecule has 1 aliphatic carbocycles. The summed E-state index contributed by atoms with van der Waals surface area (Å²) in [6.45, 7) is 1.91. The summed E-state index contributed by atoms with van der Waals surface area (Å²) in [5.41, 5.74) is 0.0994. The average Bonchev–Trinajstić information content (AvgIpc) is 3.23. The van der Waals surface area contributed by atoms with Gasteiger partial charge in [0.05, 0.1) is 6.20 Å². The molecule has 3 amide bonds. The number of nitrogens with zero attached hydrogens (tertiary/aromatic N) is 2. The number of hydrogen-bond donors (Lipinski definition) is 1. The Bertz CT molecular complexity index is 811. The van der Waals surface area contributed by atoms with Crippen molar-refractivity contribution in [1.29, 1.82) is 0 Å². The van der Waals surface area contributed by atoms with E-state index < -0.39 is 5.54 Å². The van der Waals surface area contributed by atoms with Gasteiger partial charge in [0.1, 0.15) is 12.1 Å². The summed E-state index contributed by atoms with van der Waals surface area (Å²) >= 11 is 0. The van der Waals surface area contributed by atoms with Crippen molar-refractivity contribution < 1.29 is 14.0 Å². The van der Waals surface area contributed by atoms with Crippen LogP contribution in [0.4, 0.5) is 4.79 Å². The van der Waals surface area contributed by atoms with E-state index in [-0.39, 0.29) is 24.4 Å². The van der Waals surface area contributed by atoms with Gasteiger partial charge in [-0.05, 0) is 25.7 Å². The molecule has 0 radical (unpaired) electrons. The summed E-state index contributed by atoms with van der Waals surface area (Å²) in [7, 11) is 0. The maximum absolute atomic E-state index is 13.0. The second-order valence-corrected chi connectivity index (χ2v) is 7.34. The van der Waals surface area contributed by atoms with Gasteiger partial charge in [0.25, 0.3) is 5.91 Å². The summed E-state index contributed by atoms with van der Waals surface area (Å²) in [6.07, 6.45) is 7.02. The van der Waals surface area contributed by atoms with Crippen molar-refractivity contribution in [1.82, 2.24) is 15.2 Å². The lowest BCUT2D eigenvalue weighted by atomic mass is 9.75. The second-order valence-electron chi connectivity index (χ2n) is 7.34. The molecule has 2 aliphatic rings. The number of carbonyl (C=O) groups excluding carboxylic acids is 2. The zero-order valence-corrected chi connectivity index (χ0v) is 14.9. The Morgan fingerprint density at radius 2 is 1.92 bits per heavy atom. The topological polar surface area (TPSA) is 75.4 Å². The maximum atomic E-state index is 13.0. The minimum atomic E-state index is -0.813. The molecule has 0 unspecified atom stereocenters. The highest BCUT2D eigenvalue weighted by atomic mass is 16.4. The van der Waals surface area contributed by atoms with E-state index in [9.17, 15) is 9.59 Å². The van der Waals surface area contributed by atoms with Gasteiger partial charge in [-0.3, -0.25) is 9.69 Å². The molecule has 2 fully saturated rings. The number of urea groups is 1. The van der Waals surface area contributed by atoms with Crippen molar-refractivity contribution in [3.8, 4) is 11.3 Å². The first-order chi connectivity index (χ1) is 12.6. The van der Waals surface area contributed by atoms with E-state index in [0.717, 1.165) is 31.2 Å². The van der Waals surface area contributed by atoms with Crippen LogP contribution in [0, 0.1) is 5.92 Å². The van der Waals surface area contributed by atoms with Crippen LogP contribution in [-0.4, -0.2) is 27.4 Å². The van der Waals surface area contributed by atoms with Gasteiger partial charge < -0.3 is 9.73 Å². The first-order valence-electron chi connectivity index (χ1n) is 9.22. The molecule has 1 N–H and O–H groups in total. The summed E-state index contributed by atoms with van der Waals surface area (Å²) in [5, 5.41) is 2.93. The molecule has 136 valence electrons. The SMILES string of the molecule is C[C@@]1(C2CCCCC2)NC(=O)N(Cc2ncc(-c3ccccc3)o2)C1=O. The molecule has 1 aliphatic heterocycles. The smallest absolute Gasteiger partial charge is 0.325 e. The van der Waals surface area contributed by atoms with Gasteiger partial charge in [-0.15, -0.1) is 0 Å². The molecule has 6 nitrogen and oxygen atoms in total. The fourth-order valence-electron chi connectivity index (χ4n) is 4.07. The number of oxazole rings is 1. The number of carbonyl (C=O) groups is 2. The van der Waals surface area contributed by atoms with Crippen LogP contribution in [-0.2, 0) is 11.3 Å². The number of amides is 3. The number of benzene rings is 1. The molecular weight excluding hydrogens is 330 g/mol. The molecule has 26 heavy (non-hydrogen) atoms. The van der Waals surface area contributed by atoms with Crippen LogP contribution < -0.4 is 5.32 Å². The largest absolute Gasteiger partial charge is 0.439 e. The molecule has 0 bridgehead atoms. The van der Waals surface area contributed by atoms with Crippen LogP contribution in [0.25, 0.3) is 11.3 Å². The van der Waals surface area contributed by atoms with Gasteiger partial charge in [-0.25, -0.2) is 9.78 Å². The van der Waals surface area contributed by atoms with Crippen LogP contribution in [0.15, 0.2) is 40.9 Å². The van der Waals surface area contributed by atoms with Crippen molar-refractivity contribution in [3.63, 3.8) is 0 Å². The van der Waals surface area contributed by atoms with Gasteiger partial charge in [0.15, 0.2) is 5.76 Å². The summed E-state index contributed by atoms with van der Waals surface area (Å²) < 4.78 is 5.76. The lowest BCUT2D eigenvalue weighted by Gasteiger charge is -2.34. The molecule has 4 rings (SSSR count). The Balaban J connectivity index is 1.51. The van der Waals surface area contributed by atoms with E-state index in [0.29, 0.717) is 11.7 Å². The lowest BCUT2D eigenvalue weighted by molar-refractivity contribution is -0.133. The minimum Gasteiger partial charge on any atom is -0.439 e. The van der Waals surface area contributed by atoms with Gasteiger partial charge in [0.2, 0.25) is 5.89 Å². The predicted molar refractivity (Wildman–Crippen MR) is 96.0 cm³/mol. The van der Waals surface area contributed by atoms with Gasteiger partial charge in [-0.2, -0.15) is 0 Å². The van der Waals surface area contributed by atoms with Crippen LogP contribution in [0.5, 0.6) is 0 Å². The van der Waals surface area contributed by atoms with E-state index in [1.165, 1.54) is 11.3 Å². The van der Waals surface area contributed by atoms with E-state index in [4.69, 9.17) is 4.42 Å². The van der Waals surface area contributed by atoms with E-state index in [1.54, 1.807) is 6.20 Å². The fraction of sp³-hybridized carbons (Fsp3) is 0.450. The molecule has 1 saturated carbocycles. The first kappa shape index (κ1) is 16.8. The summed E-state index contributed by atoms with van der Waals surface area (Å²) in [4.78, 5) is 30.9. The second kappa shape index (κ2) is 6.59. The van der Waals surface area contributed by atoms with Crippen LogP contribution in [0.1, 0.15) is 44.9 Å². The van der Waals surface area contributed by atoms with Crippen molar-refractivity contribution in [2.24, 2.45) is 5.92 Å². The van der Waals surface area contributed by atoms with E-state index in [2.05, 4.69) is 10.3 Å². The molecule has 0 spiro atoms. The Morgan fingerprint density at radius 3 is 2.65 bits per heavy atom. The average molecular weight is 353 g/mol. The van der Waals surface area contributed by atoms with Crippen molar-refractivity contribution in [2.75, 3.05) is 0 Å². The molecule has 2 heterocycles. The number of rotatable bonds is 4. The van der Waals surface area contributed by atoms with E-state index >= 15 is 0 Å². The first-order valence-corrected chi connectivity index (χ1v) is 9.22. The third kappa shape index (κ3) is 2.89. The summed E-state index contributed by atoms with van der Waals surface area (Å²) in [6, 6.07) is 9.27. The van der Waals surface area contributed by atoms with Crippen LogP contribution >= 0.6 is 0 Å². The Morgan fingerprint density at radius 1 is 1.19 bits per heavy atom. The monoisotopic (exact) mass is 353 g/mol. The van der Waals surface area contributed by atoms with Crippen LogP contribution in [0.2, 0.25) is 0 Å². The zero-order chi connectivity index (χ0) is 18.1. The van der Waals surface area contributed by atoms with Gasteiger partial charge in [0, 0.05) is 5.56 Å². The van der Waals surface area contributed by atoms with E-state index in [1.807, 2.05) is 37.3 Å². The maximum Gasteiger partial charge on any atom is 0.325 e. The Hall–Kier alpha value is -2.63. The van der Waals surface area contributed by atoms with Crippen LogP contribution in [0.3, 0.4) is 0 Å². The quantitative estimate of drug-likeness (QED) is 0.850. The normalized spacial score (nSPS) is 24.1. The fourth-order valence-corrected chi connectivity index (χ4v) is 4.07. The number of aromatic nitrogens is 1. The molecule has 1 aromatic carbocycles. The highest BCUT2D eigenvalue weighted by molar-refractivity contribution is 6.06. The number of nitrogens with one attached hydrogen (secondary N) is 1. The standard InChI is InChI=1S/C20H23N3O3/c1-20(15-10-6-3-7-11-15)18(24)23(19(25)22-20)13-17-21-12-16(26-17)14-8-4-2-5-9-14/h2,4-5,8-9,12,15H,3,6-7,10-11,13H2,1H3,(H,22,25)/t20-/m0/s1. The highest BCUT2D eigenvalue weighted by Gasteiger charge is 2.52. The van der Waals surface area contributed by atoms with Crippen molar-refractivity contribution in [2.45, 2.75) is 51.1 Å². The minimum absolute atomic E-state index is 0.0554. The number of hydrogen-bond acceptors (Lipinski definition) is 4. The zero-order valence-electron chi connectivity index (χ0n) is 14.9. The molecule has 6 heteroatoms.